The Kier molecular flexibility index (Phi) is 6.32. The van der Waals surface area contributed by atoms with Crippen LogP contribution in [0.5, 0.6) is 17.2 Å². The lowest BCUT2D eigenvalue weighted by Gasteiger charge is -2.14. The second-order valence-corrected chi connectivity index (χ2v) is 9.98. The average Bonchev–Trinajstić information content (AvgIpc) is 3.84. The van der Waals surface area contributed by atoms with Gasteiger partial charge in [-0.05, 0) is 84.0 Å². The van der Waals surface area contributed by atoms with Crippen LogP contribution < -0.4 is 14.2 Å². The molecule has 0 saturated carbocycles. The molecule has 7 rings (SSSR count). The Morgan fingerprint density at radius 1 is 0.524 bits per heavy atom. The fourth-order valence-corrected chi connectivity index (χ4v) is 5.51. The molecule has 5 aromatic rings. The summed E-state index contributed by atoms with van der Waals surface area (Å²) in [6, 6.07) is 26.6. The highest BCUT2D eigenvalue weighted by Crippen LogP contribution is 2.43. The van der Waals surface area contributed by atoms with Crippen molar-refractivity contribution in [3.8, 4) is 39.5 Å². The fraction of sp³-hybridized carbons (Fsp3) is 0.0857. The maximum atomic E-state index is 5.68. The van der Waals surface area contributed by atoms with Crippen LogP contribution in [-0.4, -0.2) is 41.3 Å². The van der Waals surface area contributed by atoms with Crippen molar-refractivity contribution in [2.75, 3.05) is 21.3 Å². The number of ether oxygens (including phenoxy) is 3. The van der Waals surface area contributed by atoms with E-state index in [2.05, 4.69) is 58.5 Å². The molecule has 0 saturated heterocycles. The van der Waals surface area contributed by atoms with Crippen molar-refractivity contribution in [1.82, 2.24) is 19.9 Å². The average molecular weight is 553 g/mol. The normalized spacial score (nSPS) is 12.0. The van der Waals surface area contributed by atoms with E-state index < -0.39 is 0 Å². The summed E-state index contributed by atoms with van der Waals surface area (Å²) in [4.78, 5) is 17.2. The van der Waals surface area contributed by atoms with Gasteiger partial charge in [0.25, 0.3) is 0 Å². The SMILES string of the molecule is COc1cc(-c2c3ccc(cc4nc(c(-c5ccccc5)c5nc(cc6ccc2[nH]6)C=C5)C=C4)[nH]3)cc(OC)c1OC. The molecular weight excluding hydrogens is 524 g/mol. The van der Waals surface area contributed by atoms with Gasteiger partial charge >= 0.3 is 0 Å². The molecule has 0 spiro atoms. The van der Waals surface area contributed by atoms with Gasteiger partial charge < -0.3 is 24.2 Å². The van der Waals surface area contributed by atoms with Crippen LogP contribution in [0.15, 0.2) is 78.9 Å². The van der Waals surface area contributed by atoms with Gasteiger partial charge in [-0.15, -0.1) is 0 Å². The van der Waals surface area contributed by atoms with E-state index in [0.717, 1.165) is 67.1 Å². The number of benzene rings is 2. The number of methoxy groups -OCH3 is 3. The number of hydrogen-bond acceptors (Lipinski definition) is 5. The molecule has 0 amide bonds. The number of hydrogen-bond donors (Lipinski definition) is 2. The summed E-state index contributed by atoms with van der Waals surface area (Å²) in [5.41, 5.74) is 11.1. The maximum Gasteiger partial charge on any atom is 0.203 e. The summed E-state index contributed by atoms with van der Waals surface area (Å²) in [7, 11) is 4.85. The number of nitrogens with zero attached hydrogens (tertiary/aromatic N) is 2. The number of fused-ring (bicyclic) bond motifs is 8. The second kappa shape index (κ2) is 10.4. The molecule has 206 valence electrons. The molecule has 5 heterocycles. The molecule has 2 N–H and O–H groups in total. The molecule has 8 bridgehead atoms. The summed E-state index contributed by atoms with van der Waals surface area (Å²) in [5, 5.41) is 0. The summed E-state index contributed by atoms with van der Waals surface area (Å²) < 4.78 is 16.9. The molecule has 7 heteroatoms. The molecule has 0 atom stereocenters. The Bertz CT molecular complexity index is 1930. The van der Waals surface area contributed by atoms with Crippen LogP contribution >= 0.6 is 0 Å². The maximum absolute atomic E-state index is 5.68. The Hall–Kier alpha value is -5.56. The van der Waals surface area contributed by atoms with Crippen LogP contribution in [0.4, 0.5) is 0 Å². The van der Waals surface area contributed by atoms with Gasteiger partial charge in [0.1, 0.15) is 0 Å². The van der Waals surface area contributed by atoms with Gasteiger partial charge in [0, 0.05) is 33.2 Å². The molecule has 0 fully saturated rings. The number of aromatic nitrogens is 4. The Morgan fingerprint density at radius 3 is 1.57 bits per heavy atom. The largest absolute Gasteiger partial charge is 0.493 e. The van der Waals surface area contributed by atoms with Gasteiger partial charge in [0.05, 0.1) is 44.1 Å². The molecule has 0 radical (unpaired) electrons. The molecule has 7 nitrogen and oxygen atoms in total. The Balaban J connectivity index is 1.55. The summed E-state index contributed by atoms with van der Waals surface area (Å²) in [6.07, 6.45) is 8.18. The fourth-order valence-electron chi connectivity index (χ4n) is 5.51. The van der Waals surface area contributed by atoms with E-state index >= 15 is 0 Å². The quantitative estimate of drug-likeness (QED) is 0.226. The van der Waals surface area contributed by atoms with Crippen molar-refractivity contribution in [3.05, 3.63) is 102 Å². The van der Waals surface area contributed by atoms with Crippen LogP contribution in [0.25, 0.3) is 68.6 Å². The molecule has 42 heavy (non-hydrogen) atoms. The molecule has 0 unspecified atom stereocenters. The first kappa shape index (κ1) is 25.4. The highest BCUT2D eigenvalue weighted by molar-refractivity contribution is 5.95. The van der Waals surface area contributed by atoms with Crippen molar-refractivity contribution >= 4 is 46.4 Å². The predicted molar refractivity (Wildman–Crippen MR) is 169 cm³/mol. The lowest BCUT2D eigenvalue weighted by molar-refractivity contribution is 0.324. The van der Waals surface area contributed by atoms with E-state index in [4.69, 9.17) is 24.2 Å². The number of H-pyrrole nitrogens is 2. The smallest absolute Gasteiger partial charge is 0.203 e. The van der Waals surface area contributed by atoms with Crippen LogP contribution in [0.2, 0.25) is 0 Å². The zero-order chi connectivity index (χ0) is 28.6. The van der Waals surface area contributed by atoms with Crippen molar-refractivity contribution < 1.29 is 14.2 Å². The van der Waals surface area contributed by atoms with Crippen LogP contribution in [0, 0.1) is 0 Å². The highest BCUT2D eigenvalue weighted by atomic mass is 16.5. The minimum atomic E-state index is 0.543. The highest BCUT2D eigenvalue weighted by Gasteiger charge is 2.17. The molecule has 2 aliphatic rings. The van der Waals surface area contributed by atoms with Gasteiger partial charge in [0.15, 0.2) is 11.5 Å². The van der Waals surface area contributed by atoms with Crippen LogP contribution in [-0.2, 0) is 0 Å². The van der Waals surface area contributed by atoms with E-state index in [0.29, 0.717) is 17.2 Å². The van der Waals surface area contributed by atoms with E-state index in [1.807, 2.05) is 54.6 Å². The zero-order valence-corrected chi connectivity index (χ0v) is 23.4. The van der Waals surface area contributed by atoms with Crippen LogP contribution in [0.3, 0.4) is 0 Å². The van der Waals surface area contributed by atoms with Crippen molar-refractivity contribution in [3.63, 3.8) is 0 Å². The number of aromatic amines is 2. The number of rotatable bonds is 5. The second-order valence-electron chi connectivity index (χ2n) is 9.98. The third-order valence-electron chi connectivity index (χ3n) is 7.41. The minimum Gasteiger partial charge on any atom is -0.493 e. The van der Waals surface area contributed by atoms with E-state index in [9.17, 15) is 0 Å². The summed E-state index contributed by atoms with van der Waals surface area (Å²) in [5.74, 6) is 1.70. The molecule has 2 aliphatic heterocycles. The predicted octanol–water partition coefficient (Wildman–Crippen LogP) is 8.02. The Labute approximate surface area is 242 Å². The third-order valence-corrected chi connectivity index (χ3v) is 7.41. The van der Waals surface area contributed by atoms with E-state index in [1.165, 1.54) is 0 Å². The van der Waals surface area contributed by atoms with Crippen molar-refractivity contribution in [1.29, 1.82) is 0 Å². The topological polar surface area (TPSA) is 85.1 Å². The standard InChI is InChI=1S/C35H28N4O3/c1-40-31-17-22(18-32(41-2)35(31)42-3)34-29-15-11-25(38-29)19-23-9-13-27(36-23)33(21-7-5-4-6-8-21)28-14-10-24(37-28)20-26-12-16-30(34)39-26/h4-20,38-39H,1-3H3. The number of nitrogens with one attached hydrogen (secondary N) is 2. The molecule has 3 aromatic heterocycles. The Morgan fingerprint density at radius 2 is 1.07 bits per heavy atom. The lowest BCUT2D eigenvalue weighted by atomic mass is 10.0. The first-order valence-electron chi connectivity index (χ1n) is 13.6. The lowest BCUT2D eigenvalue weighted by Crippen LogP contribution is -1.96. The minimum absolute atomic E-state index is 0.543. The zero-order valence-electron chi connectivity index (χ0n) is 23.4. The van der Waals surface area contributed by atoms with E-state index in [1.54, 1.807) is 21.3 Å². The van der Waals surface area contributed by atoms with Crippen molar-refractivity contribution in [2.45, 2.75) is 0 Å². The third kappa shape index (κ3) is 4.51. The first-order valence-corrected chi connectivity index (χ1v) is 13.6. The van der Waals surface area contributed by atoms with Gasteiger partial charge in [-0.1, -0.05) is 30.3 Å². The van der Waals surface area contributed by atoms with E-state index in [-0.39, 0.29) is 0 Å². The first-order chi connectivity index (χ1) is 20.6. The monoisotopic (exact) mass is 552 g/mol. The van der Waals surface area contributed by atoms with Crippen molar-refractivity contribution in [2.24, 2.45) is 0 Å². The summed E-state index contributed by atoms with van der Waals surface area (Å²) in [6.45, 7) is 0. The van der Waals surface area contributed by atoms with Gasteiger partial charge in [-0.3, -0.25) is 0 Å². The van der Waals surface area contributed by atoms with Crippen LogP contribution in [0.1, 0.15) is 22.8 Å². The van der Waals surface area contributed by atoms with Gasteiger partial charge in [0.2, 0.25) is 5.75 Å². The molecular formula is C35H28N4O3. The molecule has 2 aromatic carbocycles. The van der Waals surface area contributed by atoms with Gasteiger partial charge in [-0.25, -0.2) is 9.97 Å². The molecule has 0 aliphatic carbocycles. The van der Waals surface area contributed by atoms with Gasteiger partial charge in [-0.2, -0.15) is 0 Å². The summed E-state index contributed by atoms with van der Waals surface area (Å²) >= 11 is 0.